The van der Waals surface area contributed by atoms with Crippen LogP contribution in [-0.4, -0.2) is 54.7 Å². The number of benzene rings is 1. The normalized spacial score (nSPS) is 15.3. The van der Waals surface area contributed by atoms with Gasteiger partial charge in [0, 0.05) is 31.2 Å². The standard InChI is InChI=1S/C21H19Cl2N3O3S2/c1-14-16(5-7-18(24-14)19-3-2-12-30-19)21(27)25-8-10-26(11-9-25)31(28,29)20-13-15(22)4-6-17(20)23/h2-7,12-13H,8-11H2,1H3. The molecule has 1 fully saturated rings. The van der Waals surface area contributed by atoms with Crippen LogP contribution in [-0.2, 0) is 10.0 Å². The van der Waals surface area contributed by atoms with Crippen LogP contribution < -0.4 is 0 Å². The molecule has 1 aromatic carbocycles. The quantitative estimate of drug-likeness (QED) is 0.531. The van der Waals surface area contributed by atoms with Crippen molar-refractivity contribution < 1.29 is 13.2 Å². The Kier molecular flexibility index (Phi) is 6.37. The first-order chi connectivity index (χ1) is 14.8. The highest BCUT2D eigenvalue weighted by atomic mass is 35.5. The van der Waals surface area contributed by atoms with Gasteiger partial charge >= 0.3 is 0 Å². The van der Waals surface area contributed by atoms with E-state index >= 15 is 0 Å². The third kappa shape index (κ3) is 4.49. The van der Waals surface area contributed by atoms with Gasteiger partial charge in [0.15, 0.2) is 0 Å². The molecule has 0 unspecified atom stereocenters. The average molecular weight is 496 g/mol. The monoisotopic (exact) mass is 495 g/mol. The maximum absolute atomic E-state index is 13.0. The number of carbonyl (C=O) groups is 1. The fraction of sp³-hybridized carbons (Fsp3) is 0.238. The van der Waals surface area contributed by atoms with E-state index < -0.39 is 10.0 Å². The summed E-state index contributed by atoms with van der Waals surface area (Å²) in [7, 11) is -3.80. The first kappa shape index (κ1) is 22.2. The van der Waals surface area contributed by atoms with Gasteiger partial charge in [0.25, 0.3) is 5.91 Å². The molecule has 1 amide bonds. The minimum absolute atomic E-state index is 0.0225. The Hall–Kier alpha value is -1.97. The van der Waals surface area contributed by atoms with Gasteiger partial charge < -0.3 is 4.90 Å². The van der Waals surface area contributed by atoms with Gasteiger partial charge in [-0.05, 0) is 48.7 Å². The van der Waals surface area contributed by atoms with E-state index in [4.69, 9.17) is 23.2 Å². The number of aromatic nitrogens is 1. The molecule has 6 nitrogen and oxygen atoms in total. The summed E-state index contributed by atoms with van der Waals surface area (Å²) >= 11 is 13.6. The lowest BCUT2D eigenvalue weighted by atomic mass is 10.1. The SMILES string of the molecule is Cc1nc(-c2cccs2)ccc1C(=O)N1CCN(S(=O)(=O)c2cc(Cl)ccc2Cl)CC1. The number of piperazine rings is 1. The van der Waals surface area contributed by atoms with Crippen molar-refractivity contribution in [3.63, 3.8) is 0 Å². The van der Waals surface area contributed by atoms with Crippen molar-refractivity contribution in [2.24, 2.45) is 0 Å². The van der Waals surface area contributed by atoms with Crippen molar-refractivity contribution >= 4 is 50.5 Å². The van der Waals surface area contributed by atoms with Gasteiger partial charge in [0.05, 0.1) is 26.9 Å². The van der Waals surface area contributed by atoms with E-state index in [1.54, 1.807) is 28.4 Å². The Morgan fingerprint density at radius 2 is 1.81 bits per heavy atom. The fourth-order valence-corrected chi connectivity index (χ4v) is 6.32. The van der Waals surface area contributed by atoms with Crippen LogP contribution in [0.3, 0.4) is 0 Å². The van der Waals surface area contributed by atoms with Crippen LogP contribution in [0.1, 0.15) is 16.1 Å². The lowest BCUT2D eigenvalue weighted by Crippen LogP contribution is -2.50. The van der Waals surface area contributed by atoms with Crippen LogP contribution in [0, 0.1) is 6.92 Å². The van der Waals surface area contributed by atoms with Crippen LogP contribution in [0.5, 0.6) is 0 Å². The molecule has 3 heterocycles. The summed E-state index contributed by atoms with van der Waals surface area (Å²) in [5.41, 5.74) is 2.00. The molecule has 3 aromatic rings. The van der Waals surface area contributed by atoms with Crippen molar-refractivity contribution in [1.29, 1.82) is 0 Å². The van der Waals surface area contributed by atoms with E-state index in [-0.39, 0.29) is 42.0 Å². The maximum Gasteiger partial charge on any atom is 0.255 e. The molecule has 10 heteroatoms. The van der Waals surface area contributed by atoms with Gasteiger partial charge in [-0.25, -0.2) is 8.42 Å². The second-order valence-corrected chi connectivity index (χ2v) is 10.8. The Morgan fingerprint density at radius 3 is 2.45 bits per heavy atom. The third-order valence-corrected chi connectivity index (χ3v) is 8.63. The average Bonchev–Trinajstić information content (AvgIpc) is 3.30. The zero-order valence-corrected chi connectivity index (χ0v) is 19.7. The second kappa shape index (κ2) is 8.88. The summed E-state index contributed by atoms with van der Waals surface area (Å²) in [6.45, 7) is 2.73. The van der Waals surface area contributed by atoms with E-state index in [0.717, 1.165) is 10.6 Å². The molecule has 2 aromatic heterocycles. The molecule has 1 aliphatic heterocycles. The van der Waals surface area contributed by atoms with E-state index in [1.807, 2.05) is 30.5 Å². The summed E-state index contributed by atoms with van der Waals surface area (Å²) in [4.78, 5) is 20.3. The molecule has 0 saturated carbocycles. The molecule has 0 spiro atoms. The molecule has 0 aliphatic carbocycles. The Balaban J connectivity index is 1.47. The predicted molar refractivity (Wildman–Crippen MR) is 123 cm³/mol. The van der Waals surface area contributed by atoms with Crippen molar-refractivity contribution in [1.82, 2.24) is 14.2 Å². The molecule has 0 bridgehead atoms. The molecule has 0 atom stereocenters. The molecular weight excluding hydrogens is 477 g/mol. The summed E-state index contributed by atoms with van der Waals surface area (Å²) in [5.74, 6) is -0.152. The molecule has 162 valence electrons. The number of thiophene rings is 1. The molecule has 4 rings (SSSR count). The zero-order chi connectivity index (χ0) is 22.2. The smallest absolute Gasteiger partial charge is 0.255 e. The molecule has 0 radical (unpaired) electrons. The van der Waals surface area contributed by atoms with Gasteiger partial charge in [-0.15, -0.1) is 11.3 Å². The van der Waals surface area contributed by atoms with Crippen molar-refractivity contribution in [3.05, 3.63) is 69.1 Å². The largest absolute Gasteiger partial charge is 0.336 e. The van der Waals surface area contributed by atoms with Gasteiger partial charge in [-0.3, -0.25) is 9.78 Å². The fourth-order valence-electron chi connectivity index (χ4n) is 3.46. The Morgan fingerprint density at radius 1 is 1.06 bits per heavy atom. The number of hydrogen-bond acceptors (Lipinski definition) is 5. The number of halogens is 2. The van der Waals surface area contributed by atoms with Crippen molar-refractivity contribution in [2.45, 2.75) is 11.8 Å². The molecule has 31 heavy (non-hydrogen) atoms. The maximum atomic E-state index is 13.0. The molecule has 1 saturated heterocycles. The second-order valence-electron chi connectivity index (χ2n) is 7.08. The summed E-state index contributed by atoms with van der Waals surface area (Å²) in [5, 5.41) is 2.40. The number of nitrogens with zero attached hydrogens (tertiary/aromatic N) is 3. The highest BCUT2D eigenvalue weighted by Crippen LogP contribution is 2.29. The highest BCUT2D eigenvalue weighted by molar-refractivity contribution is 7.89. The molecule has 1 aliphatic rings. The van der Waals surface area contributed by atoms with Crippen LogP contribution in [0.15, 0.2) is 52.7 Å². The number of amides is 1. The number of sulfonamides is 1. The number of aryl methyl sites for hydroxylation is 1. The number of pyridine rings is 1. The number of rotatable bonds is 4. The van der Waals surface area contributed by atoms with Crippen molar-refractivity contribution in [3.8, 4) is 10.6 Å². The lowest BCUT2D eigenvalue weighted by molar-refractivity contribution is 0.0696. The number of carbonyl (C=O) groups excluding carboxylic acids is 1. The number of hydrogen-bond donors (Lipinski definition) is 0. The molecule has 0 N–H and O–H groups in total. The van der Waals surface area contributed by atoms with Crippen molar-refractivity contribution in [2.75, 3.05) is 26.2 Å². The van der Waals surface area contributed by atoms with E-state index in [0.29, 0.717) is 16.3 Å². The first-order valence-electron chi connectivity index (χ1n) is 9.53. The van der Waals surface area contributed by atoms with Crippen LogP contribution >= 0.6 is 34.5 Å². The van der Waals surface area contributed by atoms with Gasteiger partial charge in [-0.2, -0.15) is 4.31 Å². The first-order valence-corrected chi connectivity index (χ1v) is 12.6. The topological polar surface area (TPSA) is 70.6 Å². The zero-order valence-electron chi connectivity index (χ0n) is 16.6. The van der Waals surface area contributed by atoms with Crippen LogP contribution in [0.2, 0.25) is 10.0 Å². The minimum atomic E-state index is -3.80. The van der Waals surface area contributed by atoms with E-state index in [1.165, 1.54) is 16.4 Å². The summed E-state index contributed by atoms with van der Waals surface area (Å²) in [6, 6.07) is 11.9. The summed E-state index contributed by atoms with van der Waals surface area (Å²) in [6.07, 6.45) is 0. The molecular formula is C21H19Cl2N3O3S2. The van der Waals surface area contributed by atoms with Crippen LogP contribution in [0.25, 0.3) is 10.6 Å². The van der Waals surface area contributed by atoms with E-state index in [9.17, 15) is 13.2 Å². The van der Waals surface area contributed by atoms with E-state index in [2.05, 4.69) is 4.98 Å². The van der Waals surface area contributed by atoms with Gasteiger partial charge in [-0.1, -0.05) is 29.3 Å². The Bertz CT molecular complexity index is 1220. The summed E-state index contributed by atoms with van der Waals surface area (Å²) < 4.78 is 27.3. The predicted octanol–water partition coefficient (Wildman–Crippen LogP) is 4.57. The highest BCUT2D eigenvalue weighted by Gasteiger charge is 2.32. The van der Waals surface area contributed by atoms with Gasteiger partial charge in [0.1, 0.15) is 4.90 Å². The van der Waals surface area contributed by atoms with Gasteiger partial charge in [0.2, 0.25) is 10.0 Å². The Labute approximate surface area is 195 Å². The third-order valence-electron chi connectivity index (χ3n) is 5.13. The van der Waals surface area contributed by atoms with Crippen LogP contribution in [0.4, 0.5) is 0 Å². The minimum Gasteiger partial charge on any atom is -0.336 e. The lowest BCUT2D eigenvalue weighted by Gasteiger charge is -2.34.